The minimum atomic E-state index is 0.738. The molecule has 0 bridgehead atoms. The van der Waals surface area contributed by atoms with Gasteiger partial charge in [0.1, 0.15) is 0 Å². The summed E-state index contributed by atoms with van der Waals surface area (Å²) < 4.78 is 4.20. The molecule has 0 radical (unpaired) electrons. The number of nitrogens with one attached hydrogen (secondary N) is 1. The van der Waals surface area contributed by atoms with Crippen LogP contribution in [0.15, 0.2) is 66.3 Å². The molecule has 0 spiro atoms. The molecule has 0 fully saturated rings. The van der Waals surface area contributed by atoms with Crippen LogP contribution >= 0.6 is 0 Å². The van der Waals surface area contributed by atoms with Crippen LogP contribution in [0.25, 0.3) is 0 Å². The van der Waals surface area contributed by atoms with Crippen LogP contribution in [0.5, 0.6) is 0 Å². The summed E-state index contributed by atoms with van der Waals surface area (Å²) in [5.74, 6) is 0.881. The predicted molar refractivity (Wildman–Crippen MR) is 105 cm³/mol. The van der Waals surface area contributed by atoms with Crippen molar-refractivity contribution in [2.45, 2.75) is 19.6 Å². The SMILES string of the molecule is CN=C(NCc1cccc(Cn2ccnc2)c1)N(C)Cc1cccn1C. The lowest BCUT2D eigenvalue weighted by Crippen LogP contribution is -2.38. The number of hydrogen-bond donors (Lipinski definition) is 1. The minimum Gasteiger partial charge on any atom is -0.353 e. The summed E-state index contributed by atoms with van der Waals surface area (Å²) in [6.45, 7) is 2.38. The van der Waals surface area contributed by atoms with Gasteiger partial charge in [-0.1, -0.05) is 24.3 Å². The van der Waals surface area contributed by atoms with Crippen LogP contribution in [0.4, 0.5) is 0 Å². The normalized spacial score (nSPS) is 11.6. The molecule has 2 aromatic heterocycles. The van der Waals surface area contributed by atoms with Crippen LogP contribution in [0, 0.1) is 0 Å². The van der Waals surface area contributed by atoms with Gasteiger partial charge in [-0.15, -0.1) is 0 Å². The average molecular weight is 350 g/mol. The lowest BCUT2D eigenvalue weighted by atomic mass is 10.1. The fourth-order valence-electron chi connectivity index (χ4n) is 2.97. The first kappa shape index (κ1) is 17.8. The Morgan fingerprint density at radius 1 is 1.19 bits per heavy atom. The molecule has 2 heterocycles. The summed E-state index contributed by atoms with van der Waals surface area (Å²) in [5.41, 5.74) is 3.74. The molecule has 0 aliphatic carbocycles. The summed E-state index contributed by atoms with van der Waals surface area (Å²) in [5, 5.41) is 3.45. The zero-order valence-corrected chi connectivity index (χ0v) is 15.6. The second-order valence-corrected chi connectivity index (χ2v) is 6.42. The largest absolute Gasteiger partial charge is 0.353 e. The van der Waals surface area contributed by atoms with Gasteiger partial charge in [0, 0.05) is 58.5 Å². The van der Waals surface area contributed by atoms with Gasteiger partial charge in [-0.3, -0.25) is 4.99 Å². The van der Waals surface area contributed by atoms with E-state index < -0.39 is 0 Å². The molecule has 3 rings (SSSR count). The third-order valence-electron chi connectivity index (χ3n) is 4.39. The quantitative estimate of drug-likeness (QED) is 0.549. The lowest BCUT2D eigenvalue weighted by molar-refractivity contribution is 0.461. The van der Waals surface area contributed by atoms with Gasteiger partial charge in [-0.25, -0.2) is 4.98 Å². The van der Waals surface area contributed by atoms with E-state index in [1.165, 1.54) is 16.8 Å². The van der Waals surface area contributed by atoms with Crippen molar-refractivity contribution in [2.24, 2.45) is 12.0 Å². The molecular formula is C20H26N6. The number of guanidine groups is 1. The Hall–Kier alpha value is -3.02. The predicted octanol–water partition coefficient (Wildman–Crippen LogP) is 2.48. The summed E-state index contributed by atoms with van der Waals surface area (Å²) in [4.78, 5) is 10.6. The first-order valence-corrected chi connectivity index (χ1v) is 8.71. The molecule has 0 saturated carbocycles. The maximum atomic E-state index is 4.41. The van der Waals surface area contributed by atoms with Gasteiger partial charge < -0.3 is 19.4 Å². The number of rotatable bonds is 6. The van der Waals surface area contributed by atoms with Crippen molar-refractivity contribution in [1.29, 1.82) is 0 Å². The van der Waals surface area contributed by atoms with Crippen molar-refractivity contribution < 1.29 is 0 Å². The Bertz CT molecular complexity index is 847. The highest BCUT2D eigenvalue weighted by atomic mass is 15.3. The molecular weight excluding hydrogens is 324 g/mol. The second-order valence-electron chi connectivity index (χ2n) is 6.42. The molecule has 0 atom stereocenters. The van der Waals surface area contributed by atoms with E-state index in [0.29, 0.717) is 0 Å². The monoisotopic (exact) mass is 350 g/mol. The van der Waals surface area contributed by atoms with Crippen molar-refractivity contribution >= 4 is 5.96 Å². The van der Waals surface area contributed by atoms with Crippen molar-refractivity contribution in [3.63, 3.8) is 0 Å². The Labute approximate surface area is 154 Å². The first-order valence-electron chi connectivity index (χ1n) is 8.71. The molecule has 0 amide bonds. The van der Waals surface area contributed by atoms with Gasteiger partial charge in [0.05, 0.1) is 12.9 Å². The molecule has 26 heavy (non-hydrogen) atoms. The van der Waals surface area contributed by atoms with E-state index in [4.69, 9.17) is 0 Å². The number of hydrogen-bond acceptors (Lipinski definition) is 2. The summed E-state index contributed by atoms with van der Waals surface area (Å²) in [6.07, 6.45) is 7.68. The molecule has 136 valence electrons. The fourth-order valence-corrected chi connectivity index (χ4v) is 2.97. The molecule has 0 aliphatic heterocycles. The van der Waals surface area contributed by atoms with Gasteiger partial charge >= 0.3 is 0 Å². The molecule has 6 nitrogen and oxygen atoms in total. The highest BCUT2D eigenvalue weighted by Gasteiger charge is 2.08. The number of aliphatic imine (C=N–C) groups is 1. The highest BCUT2D eigenvalue weighted by Crippen LogP contribution is 2.08. The van der Waals surface area contributed by atoms with Gasteiger partial charge in [-0.2, -0.15) is 0 Å². The van der Waals surface area contributed by atoms with Crippen LogP contribution in [0.2, 0.25) is 0 Å². The molecule has 0 saturated heterocycles. The maximum Gasteiger partial charge on any atom is 0.194 e. The summed E-state index contributed by atoms with van der Waals surface area (Å²) in [6, 6.07) is 12.8. The van der Waals surface area contributed by atoms with E-state index in [2.05, 4.69) is 86.0 Å². The van der Waals surface area contributed by atoms with E-state index >= 15 is 0 Å². The Morgan fingerprint density at radius 2 is 2.04 bits per heavy atom. The van der Waals surface area contributed by atoms with Crippen molar-refractivity contribution in [1.82, 2.24) is 24.3 Å². The highest BCUT2D eigenvalue weighted by molar-refractivity contribution is 5.79. The van der Waals surface area contributed by atoms with E-state index in [1.54, 1.807) is 6.20 Å². The number of aryl methyl sites for hydroxylation is 1. The number of nitrogens with zero attached hydrogens (tertiary/aromatic N) is 5. The Kier molecular flexibility index (Phi) is 5.73. The standard InChI is InChI=1S/C20H26N6/c1-21-20(25(3)15-19-8-5-10-24(19)2)23-13-17-6-4-7-18(12-17)14-26-11-9-22-16-26/h4-12,16H,13-15H2,1-3H3,(H,21,23). The molecule has 6 heteroatoms. The van der Waals surface area contributed by atoms with E-state index in [-0.39, 0.29) is 0 Å². The van der Waals surface area contributed by atoms with Crippen LogP contribution in [-0.4, -0.2) is 39.1 Å². The topological polar surface area (TPSA) is 50.4 Å². The smallest absolute Gasteiger partial charge is 0.194 e. The lowest BCUT2D eigenvalue weighted by Gasteiger charge is -2.22. The third kappa shape index (κ3) is 4.53. The van der Waals surface area contributed by atoms with E-state index in [1.807, 2.05) is 19.6 Å². The van der Waals surface area contributed by atoms with Crippen LogP contribution in [0.3, 0.4) is 0 Å². The van der Waals surface area contributed by atoms with E-state index in [9.17, 15) is 0 Å². The maximum absolute atomic E-state index is 4.41. The zero-order valence-electron chi connectivity index (χ0n) is 15.6. The first-order chi connectivity index (χ1) is 12.7. The van der Waals surface area contributed by atoms with Crippen molar-refractivity contribution in [2.75, 3.05) is 14.1 Å². The molecule has 0 aliphatic rings. The van der Waals surface area contributed by atoms with Gasteiger partial charge in [0.25, 0.3) is 0 Å². The Balaban J connectivity index is 1.59. The average Bonchev–Trinajstić information content (AvgIpc) is 3.28. The molecule has 3 aromatic rings. The number of benzene rings is 1. The second kappa shape index (κ2) is 8.38. The van der Waals surface area contributed by atoms with Crippen molar-refractivity contribution in [3.8, 4) is 0 Å². The van der Waals surface area contributed by atoms with Gasteiger partial charge in [0.2, 0.25) is 0 Å². The molecule has 1 aromatic carbocycles. The molecule has 1 N–H and O–H groups in total. The zero-order chi connectivity index (χ0) is 18.4. The fraction of sp³-hybridized carbons (Fsp3) is 0.300. The molecule has 0 unspecified atom stereocenters. The van der Waals surface area contributed by atoms with Gasteiger partial charge in [0.15, 0.2) is 5.96 Å². The number of imidazole rings is 1. The van der Waals surface area contributed by atoms with Gasteiger partial charge in [-0.05, 0) is 23.3 Å². The van der Waals surface area contributed by atoms with Crippen LogP contribution in [-0.2, 0) is 26.7 Å². The van der Waals surface area contributed by atoms with Crippen LogP contribution in [0.1, 0.15) is 16.8 Å². The summed E-state index contributed by atoms with van der Waals surface area (Å²) in [7, 11) is 5.93. The Morgan fingerprint density at radius 3 is 2.73 bits per heavy atom. The minimum absolute atomic E-state index is 0.738. The van der Waals surface area contributed by atoms with Crippen LogP contribution < -0.4 is 5.32 Å². The van der Waals surface area contributed by atoms with E-state index in [0.717, 1.165) is 25.6 Å². The summed E-state index contributed by atoms with van der Waals surface area (Å²) >= 11 is 0. The van der Waals surface area contributed by atoms with Crippen molar-refractivity contribution in [3.05, 3.63) is 78.1 Å². The number of aromatic nitrogens is 3. The third-order valence-corrected chi connectivity index (χ3v) is 4.39.